The first kappa shape index (κ1) is 13.7. The van der Waals surface area contributed by atoms with E-state index in [1.807, 2.05) is 7.05 Å². The van der Waals surface area contributed by atoms with Crippen LogP contribution in [0.5, 0.6) is 0 Å². The lowest BCUT2D eigenvalue weighted by Crippen LogP contribution is -2.13. The smallest absolute Gasteiger partial charge is 0.320 e. The van der Waals surface area contributed by atoms with Crippen LogP contribution in [0.4, 0.5) is 13.2 Å². The van der Waals surface area contributed by atoms with Crippen LogP contribution in [0.3, 0.4) is 0 Å². The monoisotopic (exact) mass is 275 g/mol. The van der Waals surface area contributed by atoms with Gasteiger partial charge in [0.15, 0.2) is 0 Å². The molecule has 1 heterocycles. The molecule has 0 saturated heterocycles. The topological polar surface area (TPSA) is 12.0 Å². The Hall–Kier alpha value is -0.680. The minimum Gasteiger partial charge on any atom is -0.320 e. The molecule has 0 radical (unpaired) electrons. The lowest BCUT2D eigenvalue weighted by atomic mass is 9.92. The molecule has 0 saturated carbocycles. The second kappa shape index (κ2) is 5.53. The first-order chi connectivity index (χ1) is 8.54. The first-order valence-corrected chi connectivity index (χ1v) is 7.00. The summed E-state index contributed by atoms with van der Waals surface area (Å²) >= 11 is 1.54. The summed E-state index contributed by atoms with van der Waals surface area (Å²) in [6.45, 7) is 0.852. The third kappa shape index (κ3) is 2.83. The van der Waals surface area contributed by atoms with E-state index in [0.717, 1.165) is 30.0 Å². The van der Waals surface area contributed by atoms with Crippen molar-refractivity contribution in [2.45, 2.75) is 29.8 Å². The molecule has 2 rings (SSSR count). The minimum atomic E-state index is -4.24. The van der Waals surface area contributed by atoms with E-state index in [2.05, 4.69) is 5.32 Å². The van der Waals surface area contributed by atoms with Gasteiger partial charge < -0.3 is 5.32 Å². The average Bonchev–Trinajstić information content (AvgIpc) is 2.71. The molecule has 0 bridgehead atoms. The zero-order valence-corrected chi connectivity index (χ0v) is 11.0. The van der Waals surface area contributed by atoms with Crippen molar-refractivity contribution in [2.75, 3.05) is 19.3 Å². The number of nitrogens with one attached hydrogen (secondary N) is 1. The van der Waals surface area contributed by atoms with E-state index in [1.54, 1.807) is 17.8 Å². The van der Waals surface area contributed by atoms with Crippen LogP contribution in [0, 0.1) is 0 Å². The van der Waals surface area contributed by atoms with Crippen molar-refractivity contribution in [3.63, 3.8) is 0 Å². The number of hydrogen-bond donors (Lipinski definition) is 1. The molecule has 1 aliphatic rings. The Balaban J connectivity index is 2.24. The summed E-state index contributed by atoms with van der Waals surface area (Å²) in [6, 6.07) is 4.51. The van der Waals surface area contributed by atoms with Crippen LogP contribution in [-0.4, -0.2) is 19.3 Å². The summed E-state index contributed by atoms with van der Waals surface area (Å²) < 4.78 is 38.9. The molecule has 1 aromatic rings. The summed E-state index contributed by atoms with van der Waals surface area (Å²) in [6.07, 6.45) is -2.52. The zero-order valence-electron chi connectivity index (χ0n) is 10.2. The van der Waals surface area contributed by atoms with Crippen molar-refractivity contribution in [1.82, 2.24) is 5.32 Å². The van der Waals surface area contributed by atoms with E-state index >= 15 is 0 Å². The lowest BCUT2D eigenvalue weighted by molar-refractivity contribution is -0.138. The molecule has 1 nitrogen and oxygen atoms in total. The van der Waals surface area contributed by atoms with Gasteiger partial charge in [-0.25, -0.2) is 0 Å². The predicted octanol–water partition coefficient (Wildman–Crippen LogP) is 3.89. The van der Waals surface area contributed by atoms with Crippen molar-refractivity contribution in [3.05, 3.63) is 29.3 Å². The number of rotatable bonds is 4. The predicted molar refractivity (Wildman–Crippen MR) is 68.1 cm³/mol. The molecule has 0 aliphatic carbocycles. The summed E-state index contributed by atoms with van der Waals surface area (Å²) in [5, 5.41) is 3.03. The van der Waals surface area contributed by atoms with Gasteiger partial charge in [-0.1, -0.05) is 6.07 Å². The Morgan fingerprint density at radius 3 is 2.83 bits per heavy atom. The molecular weight excluding hydrogens is 259 g/mol. The number of hydrogen-bond acceptors (Lipinski definition) is 2. The van der Waals surface area contributed by atoms with Crippen LogP contribution in [0.25, 0.3) is 0 Å². The molecule has 18 heavy (non-hydrogen) atoms. The number of halogens is 3. The maximum Gasteiger partial charge on any atom is 0.416 e. The molecule has 100 valence electrons. The van der Waals surface area contributed by atoms with Crippen LogP contribution in [0.2, 0.25) is 0 Å². The van der Waals surface area contributed by atoms with Crippen molar-refractivity contribution >= 4 is 11.8 Å². The summed E-state index contributed by atoms with van der Waals surface area (Å²) in [5.74, 6) is 0.808. The summed E-state index contributed by atoms with van der Waals surface area (Å²) in [7, 11) is 1.86. The Morgan fingerprint density at radius 1 is 1.39 bits per heavy atom. The number of alkyl halides is 3. The maximum absolute atomic E-state index is 13.0. The molecule has 1 N–H and O–H groups in total. The van der Waals surface area contributed by atoms with Gasteiger partial charge in [-0.05, 0) is 50.0 Å². The van der Waals surface area contributed by atoms with E-state index in [9.17, 15) is 13.2 Å². The van der Waals surface area contributed by atoms with Gasteiger partial charge in [-0.2, -0.15) is 13.2 Å². The Morgan fingerprint density at radius 2 is 2.17 bits per heavy atom. The summed E-state index contributed by atoms with van der Waals surface area (Å²) in [4.78, 5) is 0.805. The van der Waals surface area contributed by atoms with Gasteiger partial charge in [0.1, 0.15) is 0 Å². The normalized spacial score (nSPS) is 19.0. The quantitative estimate of drug-likeness (QED) is 0.837. The molecule has 0 amide bonds. The largest absolute Gasteiger partial charge is 0.416 e. The minimum absolute atomic E-state index is 0.0381. The van der Waals surface area contributed by atoms with E-state index in [1.165, 1.54) is 12.1 Å². The van der Waals surface area contributed by atoms with Crippen LogP contribution in [0.15, 0.2) is 23.1 Å². The SMILES string of the molecule is CNCCCC1CSc2cccc(C(F)(F)F)c21. The molecule has 1 aliphatic heterocycles. The van der Waals surface area contributed by atoms with Gasteiger partial charge in [0, 0.05) is 10.6 Å². The average molecular weight is 275 g/mol. The van der Waals surface area contributed by atoms with Crippen molar-refractivity contribution < 1.29 is 13.2 Å². The highest BCUT2D eigenvalue weighted by atomic mass is 32.2. The fourth-order valence-corrected chi connectivity index (χ4v) is 3.69. The Bertz CT molecular complexity index is 417. The third-order valence-corrected chi connectivity index (χ3v) is 4.44. The summed E-state index contributed by atoms with van der Waals surface area (Å²) in [5.41, 5.74) is 0.0746. The van der Waals surface area contributed by atoms with Gasteiger partial charge in [0.05, 0.1) is 5.56 Å². The van der Waals surface area contributed by atoms with Crippen LogP contribution in [-0.2, 0) is 6.18 Å². The van der Waals surface area contributed by atoms with Gasteiger partial charge >= 0.3 is 6.18 Å². The van der Waals surface area contributed by atoms with Crippen LogP contribution >= 0.6 is 11.8 Å². The fourth-order valence-electron chi connectivity index (χ4n) is 2.36. The highest BCUT2D eigenvalue weighted by Gasteiger charge is 2.38. The second-order valence-corrected chi connectivity index (χ2v) is 5.53. The van der Waals surface area contributed by atoms with Crippen molar-refractivity contribution in [1.29, 1.82) is 0 Å². The molecule has 1 aromatic carbocycles. The highest BCUT2D eigenvalue weighted by molar-refractivity contribution is 7.99. The van der Waals surface area contributed by atoms with E-state index in [-0.39, 0.29) is 5.92 Å². The number of fused-ring (bicyclic) bond motifs is 1. The van der Waals surface area contributed by atoms with E-state index in [0.29, 0.717) is 5.56 Å². The van der Waals surface area contributed by atoms with E-state index < -0.39 is 11.7 Å². The standard InChI is InChI=1S/C13H16F3NS/c1-17-7-3-4-9-8-18-11-6-2-5-10(12(9)11)13(14,15)16/h2,5-6,9,17H,3-4,7-8H2,1H3. The van der Waals surface area contributed by atoms with E-state index in [4.69, 9.17) is 0 Å². The number of thioether (sulfide) groups is 1. The van der Waals surface area contributed by atoms with Gasteiger partial charge in [-0.3, -0.25) is 0 Å². The molecule has 1 unspecified atom stereocenters. The van der Waals surface area contributed by atoms with Crippen molar-refractivity contribution in [3.8, 4) is 0 Å². The molecule has 1 atom stereocenters. The lowest BCUT2D eigenvalue weighted by Gasteiger charge is -2.17. The molecule has 0 aromatic heterocycles. The molecule has 5 heteroatoms. The Labute approximate surface area is 109 Å². The van der Waals surface area contributed by atoms with Crippen LogP contribution in [0.1, 0.15) is 29.9 Å². The van der Waals surface area contributed by atoms with Gasteiger partial charge in [0.2, 0.25) is 0 Å². The van der Waals surface area contributed by atoms with Crippen LogP contribution < -0.4 is 5.32 Å². The number of benzene rings is 1. The first-order valence-electron chi connectivity index (χ1n) is 6.01. The highest BCUT2D eigenvalue weighted by Crippen LogP contribution is 2.47. The third-order valence-electron chi connectivity index (χ3n) is 3.20. The molecular formula is C13H16F3NS. The second-order valence-electron chi connectivity index (χ2n) is 4.47. The zero-order chi connectivity index (χ0) is 13.2. The molecule has 0 spiro atoms. The Kier molecular flexibility index (Phi) is 4.22. The molecule has 0 fully saturated rings. The van der Waals surface area contributed by atoms with Gasteiger partial charge in [0.25, 0.3) is 0 Å². The fraction of sp³-hybridized carbons (Fsp3) is 0.538. The van der Waals surface area contributed by atoms with Gasteiger partial charge in [-0.15, -0.1) is 11.8 Å². The van der Waals surface area contributed by atoms with Crippen molar-refractivity contribution in [2.24, 2.45) is 0 Å². The maximum atomic E-state index is 13.0.